The molecule has 0 bridgehead atoms. The number of aromatic nitrogens is 5. The van der Waals surface area contributed by atoms with Crippen molar-refractivity contribution in [3.63, 3.8) is 0 Å². The molecule has 3 aromatic rings. The van der Waals surface area contributed by atoms with Gasteiger partial charge in [-0.25, -0.2) is 0 Å². The van der Waals surface area contributed by atoms with E-state index in [4.69, 9.17) is 0 Å². The lowest BCUT2D eigenvalue weighted by molar-refractivity contribution is 0.0728. The maximum absolute atomic E-state index is 12.5. The molecule has 1 saturated heterocycles. The Bertz CT molecular complexity index is 980. The highest BCUT2D eigenvalue weighted by Gasteiger charge is 2.20. The standard InChI is InChI=1S/C19H21N7OS/c1-13-5-3-4-6-16(13)26-14(2)21-24-19(26)28-17-8-7-15(22-23-17)18(27)25-11-9-20-10-12-25/h3-8,20H,9-12H2,1-2H3. The molecule has 9 heteroatoms. The van der Waals surface area contributed by atoms with Crippen LogP contribution in [-0.2, 0) is 0 Å². The zero-order valence-corrected chi connectivity index (χ0v) is 16.6. The smallest absolute Gasteiger partial charge is 0.274 e. The van der Waals surface area contributed by atoms with E-state index in [1.54, 1.807) is 17.0 Å². The van der Waals surface area contributed by atoms with Gasteiger partial charge in [0.05, 0.1) is 5.69 Å². The molecule has 1 amide bonds. The molecule has 0 saturated carbocycles. The Morgan fingerprint density at radius 2 is 1.79 bits per heavy atom. The van der Waals surface area contributed by atoms with Crippen LogP contribution in [0, 0.1) is 13.8 Å². The van der Waals surface area contributed by atoms with Crippen LogP contribution < -0.4 is 5.32 Å². The second kappa shape index (κ2) is 8.07. The molecule has 1 N–H and O–H groups in total. The first-order valence-corrected chi connectivity index (χ1v) is 9.95. The quantitative estimate of drug-likeness (QED) is 0.721. The van der Waals surface area contributed by atoms with Crippen molar-refractivity contribution in [1.29, 1.82) is 0 Å². The fourth-order valence-electron chi connectivity index (χ4n) is 3.11. The van der Waals surface area contributed by atoms with E-state index in [2.05, 4.69) is 38.7 Å². The molecule has 1 aromatic carbocycles. The van der Waals surface area contributed by atoms with Crippen molar-refractivity contribution < 1.29 is 4.79 Å². The van der Waals surface area contributed by atoms with Gasteiger partial charge in [0.2, 0.25) is 5.16 Å². The van der Waals surface area contributed by atoms with Crippen LogP contribution >= 0.6 is 11.8 Å². The summed E-state index contributed by atoms with van der Waals surface area (Å²) in [6, 6.07) is 11.6. The highest BCUT2D eigenvalue weighted by molar-refractivity contribution is 7.99. The largest absolute Gasteiger partial charge is 0.335 e. The molecule has 1 aliphatic rings. The second-order valence-electron chi connectivity index (χ2n) is 6.55. The Kier molecular flexibility index (Phi) is 5.36. The van der Waals surface area contributed by atoms with Gasteiger partial charge in [-0.3, -0.25) is 9.36 Å². The molecular formula is C19H21N7OS. The van der Waals surface area contributed by atoms with Crippen LogP contribution in [0.1, 0.15) is 21.9 Å². The topological polar surface area (TPSA) is 88.8 Å². The van der Waals surface area contributed by atoms with Crippen molar-refractivity contribution in [2.75, 3.05) is 26.2 Å². The number of hydrogen-bond acceptors (Lipinski definition) is 7. The third-order valence-electron chi connectivity index (χ3n) is 4.61. The van der Waals surface area contributed by atoms with Crippen molar-refractivity contribution in [2.45, 2.75) is 24.0 Å². The molecule has 3 heterocycles. The minimum Gasteiger partial charge on any atom is -0.335 e. The number of hydrogen-bond donors (Lipinski definition) is 1. The first-order chi connectivity index (χ1) is 13.6. The second-order valence-corrected chi connectivity index (χ2v) is 7.54. The van der Waals surface area contributed by atoms with Crippen LogP contribution in [0.25, 0.3) is 5.69 Å². The van der Waals surface area contributed by atoms with Crippen molar-refractivity contribution in [2.24, 2.45) is 0 Å². The highest BCUT2D eigenvalue weighted by atomic mass is 32.2. The zero-order valence-electron chi connectivity index (χ0n) is 15.8. The van der Waals surface area contributed by atoms with Crippen LogP contribution in [0.2, 0.25) is 0 Å². The van der Waals surface area contributed by atoms with E-state index >= 15 is 0 Å². The van der Waals surface area contributed by atoms with Gasteiger partial charge in [-0.1, -0.05) is 18.2 Å². The van der Waals surface area contributed by atoms with Gasteiger partial charge in [-0.05, 0) is 49.4 Å². The summed E-state index contributed by atoms with van der Waals surface area (Å²) < 4.78 is 2.00. The monoisotopic (exact) mass is 395 g/mol. The van der Waals surface area contributed by atoms with Gasteiger partial charge in [-0.15, -0.1) is 20.4 Å². The molecule has 4 rings (SSSR count). The molecule has 0 spiro atoms. The van der Waals surface area contributed by atoms with E-state index in [-0.39, 0.29) is 5.91 Å². The van der Waals surface area contributed by atoms with Crippen LogP contribution in [-0.4, -0.2) is 61.9 Å². The fraction of sp³-hybridized carbons (Fsp3) is 0.316. The molecule has 144 valence electrons. The Morgan fingerprint density at radius 3 is 2.50 bits per heavy atom. The summed E-state index contributed by atoms with van der Waals surface area (Å²) in [7, 11) is 0. The van der Waals surface area contributed by atoms with Gasteiger partial charge < -0.3 is 10.2 Å². The molecule has 1 fully saturated rings. The molecule has 2 aromatic heterocycles. The molecule has 0 radical (unpaired) electrons. The normalized spacial score (nSPS) is 14.3. The number of piperazine rings is 1. The molecule has 8 nitrogen and oxygen atoms in total. The average Bonchev–Trinajstić information content (AvgIpc) is 3.09. The van der Waals surface area contributed by atoms with E-state index in [0.29, 0.717) is 29.0 Å². The lowest BCUT2D eigenvalue weighted by Gasteiger charge is -2.26. The number of aryl methyl sites for hydroxylation is 2. The van der Waals surface area contributed by atoms with E-state index in [1.807, 2.05) is 29.7 Å². The summed E-state index contributed by atoms with van der Waals surface area (Å²) in [6.07, 6.45) is 0. The van der Waals surface area contributed by atoms with Crippen molar-refractivity contribution in [3.8, 4) is 5.69 Å². The average molecular weight is 395 g/mol. The lowest BCUT2D eigenvalue weighted by Crippen LogP contribution is -2.46. The minimum atomic E-state index is -0.0792. The molecule has 0 aliphatic carbocycles. The van der Waals surface area contributed by atoms with Crippen LogP contribution in [0.4, 0.5) is 0 Å². The number of benzene rings is 1. The van der Waals surface area contributed by atoms with Gasteiger partial charge in [0.15, 0.2) is 5.69 Å². The number of nitrogens with one attached hydrogen (secondary N) is 1. The Balaban J connectivity index is 1.54. The first kappa shape index (κ1) is 18.6. The number of carbonyl (C=O) groups excluding carboxylic acids is 1. The van der Waals surface area contributed by atoms with Gasteiger partial charge in [0.1, 0.15) is 10.9 Å². The fourth-order valence-corrected chi connectivity index (χ4v) is 3.92. The van der Waals surface area contributed by atoms with E-state index in [1.165, 1.54) is 11.8 Å². The van der Waals surface area contributed by atoms with E-state index < -0.39 is 0 Å². The molecule has 1 aliphatic heterocycles. The third kappa shape index (κ3) is 3.76. The molecule has 28 heavy (non-hydrogen) atoms. The molecular weight excluding hydrogens is 374 g/mol. The first-order valence-electron chi connectivity index (χ1n) is 9.13. The lowest BCUT2D eigenvalue weighted by atomic mass is 10.2. The van der Waals surface area contributed by atoms with Crippen LogP contribution in [0.15, 0.2) is 46.6 Å². The Hall–Kier alpha value is -2.78. The third-order valence-corrected chi connectivity index (χ3v) is 5.48. The van der Waals surface area contributed by atoms with Crippen LogP contribution in [0.5, 0.6) is 0 Å². The summed E-state index contributed by atoms with van der Waals surface area (Å²) in [4.78, 5) is 14.3. The molecule has 0 atom stereocenters. The minimum absolute atomic E-state index is 0.0792. The number of rotatable bonds is 4. The number of amides is 1. The molecule has 0 unspecified atom stereocenters. The maximum Gasteiger partial charge on any atom is 0.274 e. The van der Waals surface area contributed by atoms with Crippen molar-refractivity contribution in [1.82, 2.24) is 35.2 Å². The number of nitrogens with zero attached hydrogens (tertiary/aromatic N) is 6. The summed E-state index contributed by atoms with van der Waals surface area (Å²) in [5.41, 5.74) is 2.53. The highest BCUT2D eigenvalue weighted by Crippen LogP contribution is 2.28. The Morgan fingerprint density at radius 1 is 1.00 bits per heavy atom. The van der Waals surface area contributed by atoms with Crippen LogP contribution in [0.3, 0.4) is 0 Å². The van der Waals surface area contributed by atoms with Gasteiger partial charge in [-0.2, -0.15) is 0 Å². The van der Waals surface area contributed by atoms with E-state index in [0.717, 1.165) is 30.2 Å². The number of carbonyl (C=O) groups is 1. The van der Waals surface area contributed by atoms with Gasteiger partial charge >= 0.3 is 0 Å². The summed E-state index contributed by atoms with van der Waals surface area (Å²) >= 11 is 1.38. The predicted octanol–water partition coefficient (Wildman–Crippen LogP) is 1.87. The summed E-state index contributed by atoms with van der Waals surface area (Å²) in [6.45, 7) is 6.97. The van der Waals surface area contributed by atoms with E-state index in [9.17, 15) is 4.79 Å². The van der Waals surface area contributed by atoms with Gasteiger partial charge in [0, 0.05) is 26.2 Å². The predicted molar refractivity (Wildman–Crippen MR) is 106 cm³/mol. The summed E-state index contributed by atoms with van der Waals surface area (Å²) in [5, 5.41) is 21.5. The van der Waals surface area contributed by atoms with Crippen molar-refractivity contribution >= 4 is 17.7 Å². The van der Waals surface area contributed by atoms with Gasteiger partial charge in [0.25, 0.3) is 5.91 Å². The van der Waals surface area contributed by atoms with Crippen molar-refractivity contribution in [3.05, 3.63) is 53.5 Å². The Labute approximate surface area is 167 Å². The maximum atomic E-state index is 12.5. The SMILES string of the molecule is Cc1ccccc1-n1c(C)nnc1Sc1ccc(C(=O)N2CCNCC2)nn1. The number of para-hydroxylation sites is 1. The zero-order chi connectivity index (χ0) is 19.5. The summed E-state index contributed by atoms with van der Waals surface area (Å²) in [5.74, 6) is 0.722.